The lowest BCUT2D eigenvalue weighted by molar-refractivity contribution is 0.296. The van der Waals surface area contributed by atoms with Gasteiger partial charge in [-0.2, -0.15) is 0 Å². The van der Waals surface area contributed by atoms with E-state index in [0.717, 1.165) is 34.4 Å². The maximum absolute atomic E-state index is 8.99. The zero-order valence-electron chi connectivity index (χ0n) is 13.0. The third kappa shape index (κ3) is 3.63. The van der Waals surface area contributed by atoms with Crippen molar-refractivity contribution in [3.05, 3.63) is 60.2 Å². The largest absolute Gasteiger partial charge is 0.396 e. The van der Waals surface area contributed by atoms with Crippen molar-refractivity contribution in [2.24, 2.45) is 0 Å². The summed E-state index contributed by atoms with van der Waals surface area (Å²) in [5.74, 6) is 1.65. The Balaban J connectivity index is 2.04. The first-order valence-electron chi connectivity index (χ1n) is 7.61. The van der Waals surface area contributed by atoms with E-state index in [1.165, 1.54) is 5.56 Å². The van der Waals surface area contributed by atoms with Gasteiger partial charge in [0.15, 0.2) is 11.0 Å². The molecule has 0 saturated carbocycles. The van der Waals surface area contributed by atoms with Crippen LogP contribution in [0.25, 0.3) is 17.1 Å². The van der Waals surface area contributed by atoms with Crippen molar-refractivity contribution >= 4 is 11.8 Å². The van der Waals surface area contributed by atoms with Crippen molar-refractivity contribution in [3.63, 3.8) is 0 Å². The fourth-order valence-electron chi connectivity index (χ4n) is 2.29. The van der Waals surface area contributed by atoms with Gasteiger partial charge in [0.2, 0.25) is 0 Å². The van der Waals surface area contributed by atoms with E-state index in [9.17, 15) is 0 Å². The number of thioether (sulfide) groups is 1. The van der Waals surface area contributed by atoms with Crippen LogP contribution in [0.2, 0.25) is 0 Å². The molecule has 3 aromatic rings. The molecule has 0 saturated heterocycles. The van der Waals surface area contributed by atoms with Gasteiger partial charge < -0.3 is 5.11 Å². The van der Waals surface area contributed by atoms with E-state index in [1.807, 2.05) is 30.3 Å². The Morgan fingerprint density at radius 2 is 1.74 bits per heavy atom. The molecule has 1 heterocycles. The molecule has 0 aliphatic heterocycles. The van der Waals surface area contributed by atoms with Gasteiger partial charge in [0.1, 0.15) is 0 Å². The van der Waals surface area contributed by atoms with Crippen molar-refractivity contribution < 1.29 is 5.11 Å². The standard InChI is InChI=1S/C18H19N3OS/c1-14-8-10-16(11-9-14)21-17(15-6-3-2-4-7-15)19-20-18(21)23-13-5-12-22/h2-4,6-11,22H,5,12-13H2,1H3. The molecule has 23 heavy (non-hydrogen) atoms. The van der Waals surface area contributed by atoms with Gasteiger partial charge in [-0.1, -0.05) is 59.8 Å². The molecule has 1 aromatic heterocycles. The van der Waals surface area contributed by atoms with Crippen molar-refractivity contribution in [1.82, 2.24) is 14.8 Å². The summed E-state index contributed by atoms with van der Waals surface area (Å²) in [7, 11) is 0. The Labute approximate surface area is 140 Å². The molecule has 3 rings (SSSR count). The quantitative estimate of drug-likeness (QED) is 0.554. The molecular formula is C18H19N3OS. The van der Waals surface area contributed by atoms with Crippen LogP contribution in [-0.4, -0.2) is 32.2 Å². The summed E-state index contributed by atoms with van der Waals surface area (Å²) in [6, 6.07) is 18.4. The molecule has 0 spiro atoms. The summed E-state index contributed by atoms with van der Waals surface area (Å²) in [5, 5.41) is 18.6. The van der Waals surface area contributed by atoms with Crippen LogP contribution in [0.4, 0.5) is 0 Å². The minimum absolute atomic E-state index is 0.192. The van der Waals surface area contributed by atoms with E-state index in [0.29, 0.717) is 0 Å². The van der Waals surface area contributed by atoms with E-state index in [1.54, 1.807) is 11.8 Å². The maximum atomic E-state index is 8.99. The minimum atomic E-state index is 0.192. The Morgan fingerprint density at radius 1 is 1.00 bits per heavy atom. The lowest BCUT2D eigenvalue weighted by atomic mass is 10.2. The van der Waals surface area contributed by atoms with Crippen molar-refractivity contribution in [2.45, 2.75) is 18.5 Å². The topological polar surface area (TPSA) is 50.9 Å². The summed E-state index contributed by atoms with van der Waals surface area (Å²) in [5.41, 5.74) is 3.30. The summed E-state index contributed by atoms with van der Waals surface area (Å²) in [6.45, 7) is 2.27. The van der Waals surface area contributed by atoms with E-state index >= 15 is 0 Å². The van der Waals surface area contributed by atoms with E-state index in [-0.39, 0.29) is 6.61 Å². The van der Waals surface area contributed by atoms with Gasteiger partial charge in [0, 0.05) is 23.6 Å². The number of benzene rings is 2. The highest BCUT2D eigenvalue weighted by atomic mass is 32.2. The number of hydrogen-bond acceptors (Lipinski definition) is 4. The average molecular weight is 325 g/mol. The normalized spacial score (nSPS) is 10.9. The summed E-state index contributed by atoms with van der Waals surface area (Å²) in [4.78, 5) is 0. The third-order valence-electron chi connectivity index (χ3n) is 3.49. The highest BCUT2D eigenvalue weighted by molar-refractivity contribution is 7.99. The van der Waals surface area contributed by atoms with Gasteiger partial charge in [-0.25, -0.2) is 0 Å². The predicted octanol–water partition coefficient (Wildman–Crippen LogP) is 3.72. The number of aliphatic hydroxyl groups excluding tert-OH is 1. The molecule has 0 amide bonds. The zero-order valence-corrected chi connectivity index (χ0v) is 13.8. The van der Waals surface area contributed by atoms with Crippen molar-refractivity contribution in [2.75, 3.05) is 12.4 Å². The van der Waals surface area contributed by atoms with Crippen LogP contribution >= 0.6 is 11.8 Å². The highest BCUT2D eigenvalue weighted by Crippen LogP contribution is 2.28. The van der Waals surface area contributed by atoms with E-state index in [2.05, 4.69) is 46.0 Å². The molecule has 1 N–H and O–H groups in total. The molecule has 0 atom stereocenters. The molecule has 0 radical (unpaired) electrons. The lowest BCUT2D eigenvalue weighted by Crippen LogP contribution is -2.00. The Kier molecular flexibility index (Phi) is 5.10. The highest BCUT2D eigenvalue weighted by Gasteiger charge is 2.15. The van der Waals surface area contributed by atoms with Crippen LogP contribution < -0.4 is 0 Å². The van der Waals surface area contributed by atoms with Gasteiger partial charge in [0.05, 0.1) is 0 Å². The number of nitrogens with zero attached hydrogens (tertiary/aromatic N) is 3. The van der Waals surface area contributed by atoms with Gasteiger partial charge in [-0.3, -0.25) is 4.57 Å². The molecular weight excluding hydrogens is 306 g/mol. The van der Waals surface area contributed by atoms with Crippen LogP contribution in [0.5, 0.6) is 0 Å². The summed E-state index contributed by atoms with van der Waals surface area (Å²) >= 11 is 1.62. The first-order chi connectivity index (χ1) is 11.3. The Hall–Kier alpha value is -2.11. The number of hydrogen-bond donors (Lipinski definition) is 1. The molecule has 118 valence electrons. The molecule has 0 aliphatic rings. The SMILES string of the molecule is Cc1ccc(-n2c(SCCCO)nnc2-c2ccccc2)cc1. The van der Waals surface area contributed by atoms with Gasteiger partial charge in [-0.15, -0.1) is 10.2 Å². The molecule has 4 nitrogen and oxygen atoms in total. The first kappa shape index (κ1) is 15.8. The number of aryl methyl sites for hydroxylation is 1. The first-order valence-corrected chi connectivity index (χ1v) is 8.59. The smallest absolute Gasteiger partial charge is 0.196 e. The second-order valence-corrected chi connectivity index (χ2v) is 6.33. The molecule has 0 fully saturated rings. The van der Waals surface area contributed by atoms with Gasteiger partial charge >= 0.3 is 0 Å². The van der Waals surface area contributed by atoms with Crippen molar-refractivity contribution in [1.29, 1.82) is 0 Å². The van der Waals surface area contributed by atoms with Crippen LogP contribution in [0.3, 0.4) is 0 Å². The zero-order chi connectivity index (χ0) is 16.1. The fourth-order valence-corrected chi connectivity index (χ4v) is 3.17. The van der Waals surface area contributed by atoms with Gasteiger partial charge in [-0.05, 0) is 25.5 Å². The van der Waals surface area contributed by atoms with Gasteiger partial charge in [0.25, 0.3) is 0 Å². The second kappa shape index (κ2) is 7.44. The molecule has 0 aliphatic carbocycles. The third-order valence-corrected chi connectivity index (χ3v) is 4.51. The summed E-state index contributed by atoms with van der Waals surface area (Å²) < 4.78 is 2.08. The summed E-state index contributed by atoms with van der Waals surface area (Å²) in [6.07, 6.45) is 0.742. The second-order valence-electron chi connectivity index (χ2n) is 5.27. The molecule has 0 unspecified atom stereocenters. The van der Waals surface area contributed by atoms with Crippen LogP contribution in [0, 0.1) is 6.92 Å². The molecule has 5 heteroatoms. The van der Waals surface area contributed by atoms with E-state index < -0.39 is 0 Å². The maximum Gasteiger partial charge on any atom is 0.196 e. The van der Waals surface area contributed by atoms with Crippen molar-refractivity contribution in [3.8, 4) is 17.1 Å². The Morgan fingerprint density at radius 3 is 2.43 bits per heavy atom. The predicted molar refractivity (Wildman–Crippen MR) is 94.0 cm³/mol. The van der Waals surface area contributed by atoms with Crippen LogP contribution in [0.1, 0.15) is 12.0 Å². The molecule has 0 bridgehead atoms. The fraction of sp³-hybridized carbons (Fsp3) is 0.222. The number of aliphatic hydroxyl groups is 1. The lowest BCUT2D eigenvalue weighted by Gasteiger charge is -2.10. The Bertz CT molecular complexity index is 754. The number of rotatable bonds is 6. The minimum Gasteiger partial charge on any atom is -0.396 e. The number of aromatic nitrogens is 3. The van der Waals surface area contributed by atoms with Crippen LogP contribution in [0.15, 0.2) is 59.8 Å². The average Bonchev–Trinajstić information content (AvgIpc) is 3.00. The van der Waals surface area contributed by atoms with Crippen LogP contribution in [-0.2, 0) is 0 Å². The monoisotopic (exact) mass is 325 g/mol. The van der Waals surface area contributed by atoms with E-state index in [4.69, 9.17) is 5.11 Å². The molecule has 2 aromatic carbocycles.